The van der Waals surface area contributed by atoms with E-state index in [2.05, 4.69) is 37.6 Å². The van der Waals surface area contributed by atoms with E-state index in [0.29, 0.717) is 21.9 Å². The second-order valence-electron chi connectivity index (χ2n) is 4.66. The lowest BCUT2D eigenvalue weighted by Crippen LogP contribution is -2.14. The molecule has 0 unspecified atom stereocenters. The van der Waals surface area contributed by atoms with E-state index in [1.54, 1.807) is 6.08 Å². The Balaban J connectivity index is 1.50. The van der Waals surface area contributed by atoms with Gasteiger partial charge in [0.1, 0.15) is 0 Å². The zero-order valence-corrected chi connectivity index (χ0v) is 14.6. The Hall–Kier alpha value is -2.72. The number of carbonyl (C=O) groups is 1. The van der Waals surface area contributed by atoms with Crippen LogP contribution in [0.3, 0.4) is 0 Å². The summed E-state index contributed by atoms with van der Waals surface area (Å²) in [6, 6.07) is 9.40. The van der Waals surface area contributed by atoms with Gasteiger partial charge in [0.2, 0.25) is 16.9 Å². The monoisotopic (exact) mass is 374 g/mol. The summed E-state index contributed by atoms with van der Waals surface area (Å²) in [5.41, 5.74) is 0.790. The topological polar surface area (TPSA) is 106 Å². The summed E-state index contributed by atoms with van der Waals surface area (Å²) in [5, 5.41) is 22.0. The highest BCUT2D eigenvalue weighted by Gasteiger charge is 2.12. The van der Waals surface area contributed by atoms with Gasteiger partial charge in [-0.15, -0.1) is 21.9 Å². The third-order valence-electron chi connectivity index (χ3n) is 2.82. The molecule has 0 bridgehead atoms. The molecule has 2 N–H and O–H groups in total. The van der Waals surface area contributed by atoms with E-state index in [-0.39, 0.29) is 17.7 Å². The predicted octanol–water partition coefficient (Wildman–Crippen LogP) is 2.92. The van der Waals surface area contributed by atoms with Crippen LogP contribution < -0.4 is 10.6 Å². The van der Waals surface area contributed by atoms with Crippen molar-refractivity contribution in [3.63, 3.8) is 0 Å². The summed E-state index contributed by atoms with van der Waals surface area (Å²) in [6.07, 6.45) is 1.73. The van der Waals surface area contributed by atoms with Gasteiger partial charge in [0.25, 0.3) is 0 Å². The maximum atomic E-state index is 12.0. The molecule has 1 amide bonds. The molecule has 3 aromatic rings. The van der Waals surface area contributed by atoms with Gasteiger partial charge in [-0.2, -0.15) is 0 Å². The fourth-order valence-corrected chi connectivity index (χ4v) is 3.31. The van der Waals surface area contributed by atoms with E-state index in [0.717, 1.165) is 5.56 Å². The molecule has 1 aromatic carbocycles. The molecular formula is C15H14N6O2S2. The lowest BCUT2D eigenvalue weighted by Gasteiger charge is -1.98. The zero-order chi connectivity index (χ0) is 17.5. The van der Waals surface area contributed by atoms with Crippen LogP contribution in [0.4, 0.5) is 11.1 Å². The summed E-state index contributed by atoms with van der Waals surface area (Å²) < 4.78 is 6.12. The largest absolute Gasteiger partial charge is 0.403 e. The SMILES string of the molecule is C=CCNc1nnc(SCC(=O)Nc2nnc(-c3ccccc3)o2)s1. The first-order valence-electron chi connectivity index (χ1n) is 7.24. The average molecular weight is 374 g/mol. The molecule has 0 aliphatic heterocycles. The maximum absolute atomic E-state index is 12.0. The van der Waals surface area contributed by atoms with Gasteiger partial charge in [-0.05, 0) is 12.1 Å². The molecule has 0 aliphatic carbocycles. The minimum absolute atomic E-state index is 0.0649. The maximum Gasteiger partial charge on any atom is 0.322 e. The summed E-state index contributed by atoms with van der Waals surface area (Å²) >= 11 is 2.66. The lowest BCUT2D eigenvalue weighted by atomic mass is 10.2. The van der Waals surface area contributed by atoms with Crippen molar-refractivity contribution in [2.24, 2.45) is 0 Å². The van der Waals surface area contributed by atoms with Crippen molar-refractivity contribution in [1.29, 1.82) is 0 Å². The summed E-state index contributed by atoms with van der Waals surface area (Å²) in [6.45, 7) is 4.23. The summed E-state index contributed by atoms with van der Waals surface area (Å²) in [4.78, 5) is 12.0. The van der Waals surface area contributed by atoms with Crippen LogP contribution in [-0.2, 0) is 4.79 Å². The van der Waals surface area contributed by atoms with Gasteiger partial charge < -0.3 is 9.73 Å². The van der Waals surface area contributed by atoms with Crippen LogP contribution in [0.15, 0.2) is 51.7 Å². The molecule has 0 saturated heterocycles. The standard InChI is InChI=1S/C15H14N6O2S2/c1-2-8-16-14-20-21-15(25-14)24-9-11(22)17-13-19-18-12(23-13)10-6-4-3-5-7-10/h2-7H,1,8-9H2,(H,16,20)(H,17,19,22). The molecule has 10 heteroatoms. The van der Waals surface area contributed by atoms with Crippen LogP contribution in [0.25, 0.3) is 11.5 Å². The van der Waals surface area contributed by atoms with Crippen molar-refractivity contribution in [3.05, 3.63) is 43.0 Å². The van der Waals surface area contributed by atoms with Crippen molar-refractivity contribution in [1.82, 2.24) is 20.4 Å². The van der Waals surface area contributed by atoms with Crippen molar-refractivity contribution >= 4 is 40.2 Å². The molecule has 0 radical (unpaired) electrons. The number of anilines is 2. The Kier molecular flexibility index (Phi) is 5.75. The highest BCUT2D eigenvalue weighted by molar-refractivity contribution is 8.01. The molecule has 8 nitrogen and oxygen atoms in total. The number of hydrogen-bond acceptors (Lipinski definition) is 9. The van der Waals surface area contributed by atoms with Crippen LogP contribution >= 0.6 is 23.1 Å². The minimum atomic E-state index is -0.260. The molecule has 2 heterocycles. The highest BCUT2D eigenvalue weighted by Crippen LogP contribution is 2.25. The number of nitrogens with one attached hydrogen (secondary N) is 2. The Morgan fingerprint density at radius 3 is 2.88 bits per heavy atom. The predicted molar refractivity (Wildman–Crippen MR) is 97.7 cm³/mol. The van der Waals surface area contributed by atoms with Gasteiger partial charge in [0.15, 0.2) is 4.34 Å². The molecule has 0 fully saturated rings. The molecule has 0 spiro atoms. The third-order valence-corrected chi connectivity index (χ3v) is 4.84. The molecule has 0 saturated carbocycles. The first-order chi connectivity index (χ1) is 12.2. The highest BCUT2D eigenvalue weighted by atomic mass is 32.2. The van der Waals surface area contributed by atoms with Gasteiger partial charge in [-0.25, -0.2) is 0 Å². The van der Waals surface area contributed by atoms with E-state index in [4.69, 9.17) is 4.42 Å². The van der Waals surface area contributed by atoms with E-state index in [1.165, 1.54) is 23.1 Å². The molecule has 128 valence electrons. The molecule has 0 atom stereocenters. The van der Waals surface area contributed by atoms with Gasteiger partial charge in [-0.3, -0.25) is 10.1 Å². The Morgan fingerprint density at radius 2 is 2.08 bits per heavy atom. The van der Waals surface area contributed by atoms with Crippen LogP contribution in [0.1, 0.15) is 0 Å². The number of nitrogens with zero attached hydrogens (tertiary/aromatic N) is 4. The number of aromatic nitrogens is 4. The lowest BCUT2D eigenvalue weighted by molar-refractivity contribution is -0.113. The number of amides is 1. The van der Waals surface area contributed by atoms with Crippen molar-refractivity contribution in [3.8, 4) is 11.5 Å². The number of carbonyl (C=O) groups excluding carboxylic acids is 1. The second-order valence-corrected chi connectivity index (χ2v) is 6.86. The Labute approximate surface area is 151 Å². The molecule has 2 aromatic heterocycles. The van der Waals surface area contributed by atoms with E-state index >= 15 is 0 Å². The smallest absolute Gasteiger partial charge is 0.322 e. The quantitative estimate of drug-likeness (QED) is 0.458. The average Bonchev–Trinajstić information content (AvgIpc) is 3.28. The van der Waals surface area contributed by atoms with Crippen molar-refractivity contribution in [2.45, 2.75) is 4.34 Å². The summed E-state index contributed by atoms with van der Waals surface area (Å²) in [5.74, 6) is 0.258. The van der Waals surface area contributed by atoms with E-state index in [1.807, 2.05) is 30.3 Å². The fraction of sp³-hybridized carbons (Fsp3) is 0.133. The molecule has 0 aliphatic rings. The van der Waals surface area contributed by atoms with E-state index < -0.39 is 0 Å². The van der Waals surface area contributed by atoms with Crippen LogP contribution in [0.2, 0.25) is 0 Å². The molecule has 25 heavy (non-hydrogen) atoms. The van der Waals surface area contributed by atoms with E-state index in [9.17, 15) is 4.79 Å². The second kappa shape index (κ2) is 8.40. The van der Waals surface area contributed by atoms with Gasteiger partial charge >= 0.3 is 6.01 Å². The third kappa shape index (κ3) is 4.88. The van der Waals surface area contributed by atoms with Gasteiger partial charge in [0, 0.05) is 12.1 Å². The van der Waals surface area contributed by atoms with Crippen LogP contribution in [-0.4, -0.2) is 38.6 Å². The fourth-order valence-electron chi connectivity index (χ4n) is 1.75. The normalized spacial score (nSPS) is 10.4. The first-order valence-corrected chi connectivity index (χ1v) is 9.04. The van der Waals surface area contributed by atoms with Gasteiger partial charge in [-0.1, -0.05) is 52.5 Å². The number of benzene rings is 1. The molecule has 3 rings (SSSR count). The van der Waals surface area contributed by atoms with Crippen LogP contribution in [0, 0.1) is 0 Å². The Morgan fingerprint density at radius 1 is 1.24 bits per heavy atom. The summed E-state index contributed by atoms with van der Waals surface area (Å²) in [7, 11) is 0. The first kappa shape index (κ1) is 17.1. The van der Waals surface area contributed by atoms with Crippen molar-refractivity contribution in [2.75, 3.05) is 22.9 Å². The minimum Gasteiger partial charge on any atom is -0.403 e. The number of rotatable bonds is 8. The number of hydrogen-bond donors (Lipinski definition) is 2. The van der Waals surface area contributed by atoms with Crippen molar-refractivity contribution < 1.29 is 9.21 Å². The number of thioether (sulfide) groups is 1. The Bertz CT molecular complexity index is 849. The van der Waals surface area contributed by atoms with Crippen LogP contribution in [0.5, 0.6) is 0 Å². The zero-order valence-electron chi connectivity index (χ0n) is 13.0. The molecular weight excluding hydrogens is 360 g/mol. The van der Waals surface area contributed by atoms with Gasteiger partial charge in [0.05, 0.1) is 5.75 Å².